The molecule has 8 nitrogen and oxygen atoms in total. The van der Waals surface area contributed by atoms with Crippen molar-refractivity contribution in [1.29, 1.82) is 0 Å². The Morgan fingerprint density at radius 3 is 2.71 bits per heavy atom. The zero-order chi connectivity index (χ0) is 19.6. The third kappa shape index (κ3) is 2.44. The predicted octanol–water partition coefficient (Wildman–Crippen LogP) is 1.48. The number of alkyl halides is 2. The molecule has 0 radical (unpaired) electrons. The smallest absolute Gasteiger partial charge is 0.400 e. The molecular formula is C18H19F2N5O3. The Labute approximate surface area is 158 Å². The summed E-state index contributed by atoms with van der Waals surface area (Å²) in [7, 11) is 0. The van der Waals surface area contributed by atoms with Crippen molar-refractivity contribution in [3.05, 3.63) is 23.5 Å². The fraction of sp³-hybridized carbons (Fsp3) is 0.500. The molecular weight excluding hydrogens is 372 g/mol. The first-order valence-corrected chi connectivity index (χ1v) is 9.17. The fourth-order valence-corrected chi connectivity index (χ4v) is 4.05. The summed E-state index contributed by atoms with van der Waals surface area (Å²) >= 11 is 0. The second kappa shape index (κ2) is 5.95. The quantitative estimate of drug-likeness (QED) is 0.616. The minimum atomic E-state index is -3.24. The number of nitrogens with zero attached hydrogens (tertiary/aromatic N) is 4. The number of nitrogen functional groups attached to an aromatic ring is 1. The Kier molecular flexibility index (Phi) is 3.72. The minimum absolute atomic E-state index is 0.00251. The van der Waals surface area contributed by atoms with Crippen LogP contribution in [-0.2, 0) is 6.42 Å². The van der Waals surface area contributed by atoms with Crippen molar-refractivity contribution >= 4 is 22.5 Å². The van der Waals surface area contributed by atoms with E-state index in [9.17, 15) is 19.0 Å². The molecule has 2 aliphatic heterocycles. The summed E-state index contributed by atoms with van der Waals surface area (Å²) in [5.74, 6) is -0.715. The molecule has 1 saturated carbocycles. The van der Waals surface area contributed by atoms with Crippen molar-refractivity contribution in [2.24, 2.45) is 11.8 Å². The summed E-state index contributed by atoms with van der Waals surface area (Å²) < 4.78 is 35.2. The maximum absolute atomic E-state index is 14.4. The molecule has 0 spiro atoms. The fourth-order valence-electron chi connectivity index (χ4n) is 4.05. The minimum Gasteiger partial charge on any atom is -0.430 e. The van der Waals surface area contributed by atoms with Gasteiger partial charge in [0.1, 0.15) is 5.52 Å². The van der Waals surface area contributed by atoms with Crippen LogP contribution in [0.25, 0.3) is 16.6 Å². The Morgan fingerprint density at radius 1 is 1.25 bits per heavy atom. The van der Waals surface area contributed by atoms with Gasteiger partial charge >= 0.3 is 6.11 Å². The number of fused-ring (bicyclic) bond motifs is 4. The molecule has 10 heteroatoms. The van der Waals surface area contributed by atoms with Gasteiger partial charge in [-0.25, -0.2) is 9.97 Å². The molecule has 1 aliphatic carbocycles. The van der Waals surface area contributed by atoms with E-state index in [1.807, 2.05) is 0 Å². The van der Waals surface area contributed by atoms with E-state index in [1.54, 1.807) is 12.1 Å². The van der Waals surface area contributed by atoms with Crippen LogP contribution in [0.5, 0.6) is 5.75 Å². The highest BCUT2D eigenvalue weighted by Crippen LogP contribution is 2.56. The van der Waals surface area contributed by atoms with Crippen LogP contribution < -0.4 is 10.5 Å². The standard InChI is InChI=1S/C18H19F2N5O3/c19-18(20)10-4-9(5-10)11-1-2-12-14(15(11)28-18)23-17(21)25-16(12)22-13(24-25)3-8(6-26)7-27/h1-2,8-10,26-27H,3-7H2,(H2,21,23). The lowest BCUT2D eigenvalue weighted by Crippen LogP contribution is -2.39. The second-order valence-electron chi connectivity index (χ2n) is 7.58. The average molecular weight is 391 g/mol. The molecule has 1 aromatic carbocycles. The van der Waals surface area contributed by atoms with Crippen LogP contribution in [0.1, 0.15) is 30.1 Å². The zero-order valence-electron chi connectivity index (χ0n) is 14.8. The highest BCUT2D eigenvalue weighted by Gasteiger charge is 2.54. The summed E-state index contributed by atoms with van der Waals surface area (Å²) in [6.45, 7) is -0.418. The number of rotatable bonds is 4. The Morgan fingerprint density at radius 2 is 2.00 bits per heavy atom. The van der Waals surface area contributed by atoms with Crippen LogP contribution in [-0.4, -0.2) is 49.1 Å². The number of hydrogen-bond acceptors (Lipinski definition) is 7. The van der Waals surface area contributed by atoms with Crippen LogP contribution >= 0.6 is 0 Å². The SMILES string of the molecule is Nc1nc2c3c(ccc2c2nc(CC(CO)CO)nn12)C1CC(C1)C(F)(F)O3. The van der Waals surface area contributed by atoms with Gasteiger partial charge in [-0.1, -0.05) is 6.07 Å². The number of hydrogen-bond donors (Lipinski definition) is 3. The first-order chi connectivity index (χ1) is 13.4. The number of benzene rings is 1. The first kappa shape index (κ1) is 17.5. The molecule has 0 amide bonds. The molecule has 3 aliphatic rings. The second-order valence-corrected chi connectivity index (χ2v) is 7.58. The first-order valence-electron chi connectivity index (χ1n) is 9.17. The molecule has 1 fully saturated rings. The molecule has 3 aromatic rings. The number of aromatic nitrogens is 4. The summed E-state index contributed by atoms with van der Waals surface area (Å²) in [4.78, 5) is 8.73. The van der Waals surface area contributed by atoms with Crippen molar-refractivity contribution in [2.45, 2.75) is 31.3 Å². The monoisotopic (exact) mass is 391 g/mol. The normalized spacial score (nSPS) is 22.8. The van der Waals surface area contributed by atoms with Crippen LogP contribution in [0.3, 0.4) is 0 Å². The number of aliphatic hydroxyl groups excluding tert-OH is 2. The molecule has 6 rings (SSSR count). The molecule has 28 heavy (non-hydrogen) atoms. The van der Waals surface area contributed by atoms with Gasteiger partial charge in [-0.15, -0.1) is 5.10 Å². The maximum atomic E-state index is 14.4. The Balaban J connectivity index is 1.69. The lowest BCUT2D eigenvalue weighted by Gasteiger charge is -2.34. The molecule has 148 valence electrons. The summed E-state index contributed by atoms with van der Waals surface area (Å²) in [5, 5.41) is 23.4. The molecule has 0 saturated heterocycles. The van der Waals surface area contributed by atoms with E-state index in [2.05, 4.69) is 15.1 Å². The lowest BCUT2D eigenvalue weighted by atomic mass is 9.71. The van der Waals surface area contributed by atoms with Gasteiger partial charge in [0.15, 0.2) is 17.2 Å². The topological polar surface area (TPSA) is 119 Å². The molecule has 0 atom stereocenters. The van der Waals surface area contributed by atoms with Crippen molar-refractivity contribution in [1.82, 2.24) is 19.6 Å². The molecule has 4 N–H and O–H groups in total. The van der Waals surface area contributed by atoms with E-state index in [0.29, 0.717) is 29.7 Å². The van der Waals surface area contributed by atoms with Crippen LogP contribution in [0.15, 0.2) is 12.1 Å². The van der Waals surface area contributed by atoms with Crippen LogP contribution in [0.4, 0.5) is 14.7 Å². The molecule has 4 heterocycles. The largest absolute Gasteiger partial charge is 0.430 e. The Hall–Kier alpha value is -2.59. The van der Waals surface area contributed by atoms with E-state index < -0.39 is 17.9 Å². The number of anilines is 1. The van der Waals surface area contributed by atoms with Gasteiger partial charge in [-0.05, 0) is 30.4 Å². The third-order valence-electron chi connectivity index (χ3n) is 5.78. The van der Waals surface area contributed by atoms with E-state index >= 15 is 0 Å². The molecule has 0 unspecified atom stereocenters. The van der Waals surface area contributed by atoms with Crippen molar-refractivity contribution in [3.8, 4) is 5.75 Å². The van der Waals surface area contributed by atoms with E-state index in [4.69, 9.17) is 10.5 Å². The molecule has 2 bridgehead atoms. The lowest BCUT2D eigenvalue weighted by molar-refractivity contribution is -0.227. The zero-order valence-corrected chi connectivity index (χ0v) is 14.8. The Bertz CT molecular complexity index is 1080. The van der Waals surface area contributed by atoms with Gasteiger partial charge in [0.05, 0.1) is 5.92 Å². The highest BCUT2D eigenvalue weighted by molar-refractivity contribution is 5.97. The summed E-state index contributed by atoms with van der Waals surface area (Å²) in [6.07, 6.45) is -2.21. The maximum Gasteiger partial charge on any atom is 0.400 e. The number of halogens is 2. The van der Waals surface area contributed by atoms with Gasteiger partial charge in [0, 0.05) is 30.9 Å². The predicted molar refractivity (Wildman–Crippen MR) is 95.1 cm³/mol. The van der Waals surface area contributed by atoms with Gasteiger partial charge in [-0.3, -0.25) is 0 Å². The van der Waals surface area contributed by atoms with Crippen molar-refractivity contribution < 1.29 is 23.7 Å². The van der Waals surface area contributed by atoms with Crippen molar-refractivity contribution in [3.63, 3.8) is 0 Å². The average Bonchev–Trinajstić information content (AvgIpc) is 2.95. The number of nitrogens with two attached hydrogens (primary N) is 1. The highest BCUT2D eigenvalue weighted by atomic mass is 19.3. The van der Waals surface area contributed by atoms with Gasteiger partial charge < -0.3 is 20.7 Å². The third-order valence-corrected chi connectivity index (χ3v) is 5.78. The summed E-state index contributed by atoms with van der Waals surface area (Å²) in [5.41, 5.74) is 7.36. The van der Waals surface area contributed by atoms with E-state index in [1.165, 1.54) is 4.52 Å². The van der Waals surface area contributed by atoms with Crippen LogP contribution in [0.2, 0.25) is 0 Å². The van der Waals surface area contributed by atoms with E-state index in [-0.39, 0.29) is 42.8 Å². The van der Waals surface area contributed by atoms with Gasteiger partial charge in [0.25, 0.3) is 0 Å². The van der Waals surface area contributed by atoms with Gasteiger partial charge in [0.2, 0.25) is 5.95 Å². The molecule has 2 aromatic heterocycles. The summed E-state index contributed by atoms with van der Waals surface area (Å²) in [6, 6.07) is 3.57. The number of aliphatic hydroxyl groups is 2. The van der Waals surface area contributed by atoms with Crippen LogP contribution in [0, 0.1) is 11.8 Å². The van der Waals surface area contributed by atoms with Gasteiger partial charge in [-0.2, -0.15) is 13.3 Å². The van der Waals surface area contributed by atoms with Crippen molar-refractivity contribution in [2.75, 3.05) is 18.9 Å². The van der Waals surface area contributed by atoms with E-state index in [0.717, 1.165) is 5.56 Å². The number of ether oxygens (including phenoxy) is 1.